The van der Waals surface area contributed by atoms with Crippen LogP contribution in [-0.4, -0.2) is 12.5 Å². The van der Waals surface area contributed by atoms with Crippen LogP contribution < -0.4 is 16.9 Å². The molecule has 0 heterocycles. The van der Waals surface area contributed by atoms with Gasteiger partial charge in [0, 0.05) is 6.54 Å². The molecule has 1 aromatic rings. The molecule has 0 radical (unpaired) electrons. The Kier molecular flexibility index (Phi) is 3.79. The van der Waals surface area contributed by atoms with E-state index in [1.165, 1.54) is 11.1 Å². The largest absolute Gasteiger partial charge is 0.369 e. The molecule has 1 aromatic carbocycles. The highest BCUT2D eigenvalue weighted by Crippen LogP contribution is 2.06. The number of benzene rings is 1. The molecule has 0 spiro atoms. The number of aryl methyl sites for hydroxylation is 1. The molecule has 14 heavy (non-hydrogen) atoms. The zero-order chi connectivity index (χ0) is 10.4. The van der Waals surface area contributed by atoms with E-state index < -0.39 is 0 Å². The topological polar surface area (TPSA) is 76.4 Å². The number of guanidine groups is 1. The Morgan fingerprint density at radius 1 is 1.36 bits per heavy atom. The quantitative estimate of drug-likeness (QED) is 0.278. The third kappa shape index (κ3) is 3.35. The molecular formula is C10H16N4. The monoisotopic (exact) mass is 192 g/mol. The first kappa shape index (κ1) is 10.4. The highest BCUT2D eigenvalue weighted by Gasteiger charge is 1.95. The summed E-state index contributed by atoms with van der Waals surface area (Å²) in [6.07, 6.45) is 0.920. The highest BCUT2D eigenvalue weighted by molar-refractivity contribution is 5.75. The molecule has 0 unspecified atom stereocenters. The van der Waals surface area contributed by atoms with E-state index in [2.05, 4.69) is 29.6 Å². The fourth-order valence-electron chi connectivity index (χ4n) is 1.23. The Hall–Kier alpha value is -1.71. The summed E-state index contributed by atoms with van der Waals surface area (Å²) in [5, 5.41) is 3.69. The van der Waals surface area contributed by atoms with E-state index in [0.29, 0.717) is 0 Å². The van der Waals surface area contributed by atoms with Crippen molar-refractivity contribution in [3.05, 3.63) is 35.4 Å². The van der Waals surface area contributed by atoms with Gasteiger partial charge in [0.15, 0.2) is 0 Å². The minimum Gasteiger partial charge on any atom is -0.369 e. The van der Waals surface area contributed by atoms with Crippen LogP contribution in [0.5, 0.6) is 0 Å². The van der Waals surface area contributed by atoms with Gasteiger partial charge in [-0.3, -0.25) is 0 Å². The van der Waals surface area contributed by atoms with E-state index in [9.17, 15) is 0 Å². The average Bonchev–Trinajstić information content (AvgIpc) is 2.15. The Morgan fingerprint density at radius 2 is 2.07 bits per heavy atom. The first-order valence-electron chi connectivity index (χ1n) is 4.56. The van der Waals surface area contributed by atoms with Crippen molar-refractivity contribution in [2.45, 2.75) is 13.3 Å². The molecule has 4 nitrogen and oxygen atoms in total. The molecule has 1 rings (SSSR count). The third-order valence-corrected chi connectivity index (χ3v) is 1.98. The van der Waals surface area contributed by atoms with E-state index in [4.69, 9.17) is 11.5 Å². The summed E-state index contributed by atoms with van der Waals surface area (Å²) in [6, 6.07) is 8.26. The van der Waals surface area contributed by atoms with Crippen molar-refractivity contribution >= 4 is 5.96 Å². The lowest BCUT2D eigenvalue weighted by Gasteiger charge is -2.04. The van der Waals surface area contributed by atoms with Gasteiger partial charge in [0.1, 0.15) is 0 Å². The minimum absolute atomic E-state index is 0.0646. The lowest BCUT2D eigenvalue weighted by Crippen LogP contribution is -2.27. The van der Waals surface area contributed by atoms with Crippen molar-refractivity contribution in [1.82, 2.24) is 5.43 Å². The molecule has 0 atom stereocenters. The maximum Gasteiger partial charge on any atom is 0.208 e. The van der Waals surface area contributed by atoms with Crippen LogP contribution in [0.25, 0.3) is 0 Å². The third-order valence-electron chi connectivity index (χ3n) is 1.98. The Labute approximate surface area is 84.0 Å². The average molecular weight is 192 g/mol. The summed E-state index contributed by atoms with van der Waals surface area (Å²) < 4.78 is 0. The first-order valence-corrected chi connectivity index (χ1v) is 4.56. The molecule has 0 saturated carbocycles. The highest BCUT2D eigenvalue weighted by atomic mass is 15.3. The summed E-state index contributed by atoms with van der Waals surface area (Å²) in [6.45, 7) is 2.83. The summed E-state index contributed by atoms with van der Waals surface area (Å²) >= 11 is 0. The fourth-order valence-corrected chi connectivity index (χ4v) is 1.23. The van der Waals surface area contributed by atoms with E-state index in [1.54, 1.807) is 0 Å². The Morgan fingerprint density at radius 3 is 2.71 bits per heavy atom. The van der Waals surface area contributed by atoms with Gasteiger partial charge in [0.05, 0.1) is 0 Å². The maximum atomic E-state index is 5.17. The van der Waals surface area contributed by atoms with Crippen molar-refractivity contribution in [3.8, 4) is 0 Å². The second-order valence-corrected chi connectivity index (χ2v) is 3.12. The lowest BCUT2D eigenvalue weighted by atomic mass is 10.1. The van der Waals surface area contributed by atoms with E-state index >= 15 is 0 Å². The van der Waals surface area contributed by atoms with Crippen molar-refractivity contribution < 1.29 is 0 Å². The number of hydrogen-bond donors (Lipinski definition) is 3. The molecule has 5 N–H and O–H groups in total. The minimum atomic E-state index is 0.0646. The molecule has 76 valence electrons. The summed E-state index contributed by atoms with van der Waals surface area (Å²) in [4.78, 5) is 0. The molecule has 4 heteroatoms. The van der Waals surface area contributed by atoms with Crippen LogP contribution in [0.1, 0.15) is 11.1 Å². The van der Waals surface area contributed by atoms with Gasteiger partial charge < -0.3 is 16.9 Å². The van der Waals surface area contributed by atoms with Crippen molar-refractivity contribution in [3.63, 3.8) is 0 Å². The summed E-state index contributed by atoms with van der Waals surface area (Å²) in [5.74, 6) is 0.0646. The number of hydrazone groups is 1. The van der Waals surface area contributed by atoms with Crippen LogP contribution in [0.3, 0.4) is 0 Å². The van der Waals surface area contributed by atoms with E-state index in [1.807, 2.05) is 12.1 Å². The standard InChI is InChI=1S/C10H16N4/c1-8-4-2-3-5-9(8)6-7-13-14-10(11)12/h2-5,13H,6-7H2,1H3,(H4,11,12,14). The zero-order valence-corrected chi connectivity index (χ0v) is 8.33. The van der Waals surface area contributed by atoms with Crippen LogP contribution in [0, 0.1) is 6.92 Å². The fraction of sp³-hybridized carbons (Fsp3) is 0.300. The van der Waals surface area contributed by atoms with Gasteiger partial charge in [-0.1, -0.05) is 24.3 Å². The molecule has 0 fully saturated rings. The summed E-state index contributed by atoms with van der Waals surface area (Å²) in [7, 11) is 0. The number of nitrogens with zero attached hydrogens (tertiary/aromatic N) is 1. The van der Waals surface area contributed by atoms with Crippen molar-refractivity contribution in [2.75, 3.05) is 6.54 Å². The second-order valence-electron chi connectivity index (χ2n) is 3.12. The zero-order valence-electron chi connectivity index (χ0n) is 8.33. The number of nitrogens with one attached hydrogen (secondary N) is 1. The van der Waals surface area contributed by atoms with Crippen LogP contribution in [-0.2, 0) is 6.42 Å². The van der Waals surface area contributed by atoms with Gasteiger partial charge in [-0.05, 0) is 24.5 Å². The number of hydrogen-bond acceptors (Lipinski definition) is 2. The van der Waals surface area contributed by atoms with Crippen LogP contribution in [0.15, 0.2) is 29.4 Å². The van der Waals surface area contributed by atoms with Gasteiger partial charge in [-0.2, -0.15) is 0 Å². The van der Waals surface area contributed by atoms with Crippen LogP contribution in [0.2, 0.25) is 0 Å². The molecule has 0 saturated heterocycles. The van der Waals surface area contributed by atoms with Gasteiger partial charge in [0.25, 0.3) is 0 Å². The van der Waals surface area contributed by atoms with Gasteiger partial charge in [-0.15, -0.1) is 5.10 Å². The normalized spacial score (nSPS) is 9.50. The lowest BCUT2D eigenvalue weighted by molar-refractivity contribution is 0.726. The predicted molar refractivity (Wildman–Crippen MR) is 58.7 cm³/mol. The first-order chi connectivity index (χ1) is 6.70. The maximum absolute atomic E-state index is 5.17. The molecule has 0 aromatic heterocycles. The molecule has 0 aliphatic rings. The predicted octanol–water partition coefficient (Wildman–Crippen LogP) is 0.316. The van der Waals surface area contributed by atoms with Crippen molar-refractivity contribution in [2.24, 2.45) is 16.6 Å². The Bertz CT molecular complexity index is 316. The van der Waals surface area contributed by atoms with Gasteiger partial charge in [0.2, 0.25) is 5.96 Å². The number of rotatable bonds is 4. The van der Waals surface area contributed by atoms with E-state index in [0.717, 1.165) is 13.0 Å². The van der Waals surface area contributed by atoms with Crippen molar-refractivity contribution in [1.29, 1.82) is 0 Å². The molecule has 0 bridgehead atoms. The molecule has 0 amide bonds. The van der Waals surface area contributed by atoms with Crippen LogP contribution in [0.4, 0.5) is 0 Å². The van der Waals surface area contributed by atoms with Crippen LogP contribution >= 0.6 is 0 Å². The number of nitrogens with two attached hydrogens (primary N) is 2. The SMILES string of the molecule is Cc1ccccc1CCNN=C(N)N. The molecular weight excluding hydrogens is 176 g/mol. The van der Waals surface area contributed by atoms with E-state index in [-0.39, 0.29) is 5.96 Å². The molecule has 0 aliphatic heterocycles. The smallest absolute Gasteiger partial charge is 0.208 e. The van der Waals surface area contributed by atoms with Gasteiger partial charge in [-0.25, -0.2) is 0 Å². The second kappa shape index (κ2) is 5.11. The molecule has 0 aliphatic carbocycles. The Balaban J connectivity index is 2.39. The summed E-state index contributed by atoms with van der Waals surface area (Å²) in [5.41, 5.74) is 15.7. The van der Waals surface area contributed by atoms with Gasteiger partial charge >= 0.3 is 0 Å².